The van der Waals surface area contributed by atoms with Gasteiger partial charge in [-0.2, -0.15) is 0 Å². The zero-order valence-corrected chi connectivity index (χ0v) is 10.4. The molecule has 0 saturated heterocycles. The summed E-state index contributed by atoms with van der Waals surface area (Å²) in [5.41, 5.74) is 1.70. The Morgan fingerprint density at radius 1 is 1.50 bits per heavy atom. The van der Waals surface area contributed by atoms with Crippen molar-refractivity contribution in [3.63, 3.8) is 0 Å². The van der Waals surface area contributed by atoms with E-state index < -0.39 is 0 Å². The first-order valence-electron chi connectivity index (χ1n) is 5.53. The molecular weight excluding hydrogens is 202 g/mol. The van der Waals surface area contributed by atoms with E-state index in [1.165, 1.54) is 7.11 Å². The highest BCUT2D eigenvalue weighted by atomic mass is 16.5. The second-order valence-electron chi connectivity index (χ2n) is 4.33. The van der Waals surface area contributed by atoms with E-state index in [1.807, 2.05) is 32.0 Å². The van der Waals surface area contributed by atoms with E-state index in [2.05, 4.69) is 11.9 Å². The van der Waals surface area contributed by atoms with Crippen molar-refractivity contribution in [1.29, 1.82) is 0 Å². The molecule has 88 valence electrons. The average molecular weight is 221 g/mol. The second-order valence-corrected chi connectivity index (χ2v) is 4.33. The number of carbonyl (C=O) groups excluding carboxylic acids is 1. The lowest BCUT2D eigenvalue weighted by Gasteiger charge is -2.26. The molecule has 3 heteroatoms. The van der Waals surface area contributed by atoms with Crippen LogP contribution >= 0.6 is 0 Å². The predicted molar refractivity (Wildman–Crippen MR) is 63.3 cm³/mol. The van der Waals surface area contributed by atoms with Crippen LogP contribution in [0.2, 0.25) is 0 Å². The van der Waals surface area contributed by atoms with Crippen molar-refractivity contribution < 1.29 is 9.53 Å². The third-order valence-corrected chi connectivity index (χ3v) is 3.05. The molecule has 0 N–H and O–H groups in total. The van der Waals surface area contributed by atoms with Crippen LogP contribution in [0.25, 0.3) is 0 Å². The van der Waals surface area contributed by atoms with Crippen molar-refractivity contribution in [3.8, 4) is 0 Å². The topological polar surface area (TPSA) is 39.2 Å². The fourth-order valence-electron chi connectivity index (χ4n) is 1.67. The van der Waals surface area contributed by atoms with E-state index in [-0.39, 0.29) is 11.4 Å². The van der Waals surface area contributed by atoms with E-state index in [1.54, 1.807) is 0 Å². The van der Waals surface area contributed by atoms with Gasteiger partial charge in [0.15, 0.2) is 0 Å². The molecule has 0 fully saturated rings. The maximum atomic E-state index is 11.4. The molecule has 0 spiro atoms. The van der Waals surface area contributed by atoms with Crippen molar-refractivity contribution in [1.82, 2.24) is 4.98 Å². The summed E-state index contributed by atoms with van der Waals surface area (Å²) in [6.45, 7) is 6.07. The number of ether oxygens (including phenoxy) is 1. The Kier molecular flexibility index (Phi) is 4.05. The van der Waals surface area contributed by atoms with Crippen molar-refractivity contribution in [2.24, 2.45) is 0 Å². The Morgan fingerprint density at radius 3 is 2.69 bits per heavy atom. The first kappa shape index (κ1) is 12.7. The normalized spacial score (nSPS) is 14.2. The molecule has 1 atom stereocenters. The summed E-state index contributed by atoms with van der Waals surface area (Å²) in [5, 5.41) is 0. The van der Waals surface area contributed by atoms with Crippen LogP contribution in [0.3, 0.4) is 0 Å². The Bertz CT molecular complexity index is 376. The Balaban J connectivity index is 2.99. The standard InChI is InChI=1S/C13H19NO2/c1-5-13(3,9-12(15)16-4)11-8-6-7-10(2)14-11/h6-8H,5,9H2,1-4H3. The minimum atomic E-state index is -0.237. The lowest BCUT2D eigenvalue weighted by atomic mass is 9.80. The van der Waals surface area contributed by atoms with Crippen LogP contribution in [0.4, 0.5) is 0 Å². The highest BCUT2D eigenvalue weighted by molar-refractivity contribution is 5.71. The van der Waals surface area contributed by atoms with Gasteiger partial charge in [-0.15, -0.1) is 0 Å². The highest BCUT2D eigenvalue weighted by Crippen LogP contribution is 2.30. The van der Waals surface area contributed by atoms with Crippen LogP contribution in [0.5, 0.6) is 0 Å². The lowest BCUT2D eigenvalue weighted by molar-refractivity contribution is -0.142. The Morgan fingerprint density at radius 2 is 2.19 bits per heavy atom. The molecule has 0 amide bonds. The quantitative estimate of drug-likeness (QED) is 0.734. The fourth-order valence-corrected chi connectivity index (χ4v) is 1.67. The van der Waals surface area contributed by atoms with Gasteiger partial charge >= 0.3 is 5.97 Å². The summed E-state index contributed by atoms with van der Waals surface area (Å²) in [4.78, 5) is 15.9. The molecular formula is C13H19NO2. The number of aromatic nitrogens is 1. The molecule has 0 aliphatic rings. The maximum absolute atomic E-state index is 11.4. The summed E-state index contributed by atoms with van der Waals surface area (Å²) in [6, 6.07) is 5.90. The van der Waals surface area contributed by atoms with E-state index in [9.17, 15) is 4.79 Å². The van der Waals surface area contributed by atoms with Gasteiger partial charge in [0, 0.05) is 16.8 Å². The van der Waals surface area contributed by atoms with Gasteiger partial charge in [-0.1, -0.05) is 19.9 Å². The third kappa shape index (κ3) is 2.81. The van der Waals surface area contributed by atoms with E-state index >= 15 is 0 Å². The van der Waals surface area contributed by atoms with Crippen molar-refractivity contribution >= 4 is 5.97 Å². The molecule has 0 bridgehead atoms. The number of rotatable bonds is 4. The van der Waals surface area contributed by atoms with Crippen LogP contribution in [-0.4, -0.2) is 18.1 Å². The lowest BCUT2D eigenvalue weighted by Crippen LogP contribution is -2.27. The number of esters is 1. The first-order valence-corrected chi connectivity index (χ1v) is 5.53. The highest BCUT2D eigenvalue weighted by Gasteiger charge is 2.29. The number of carbonyl (C=O) groups is 1. The van der Waals surface area contributed by atoms with Gasteiger partial charge in [0.2, 0.25) is 0 Å². The number of nitrogens with zero attached hydrogens (tertiary/aromatic N) is 1. The summed E-state index contributed by atoms with van der Waals surface area (Å²) in [7, 11) is 1.42. The van der Waals surface area contributed by atoms with Gasteiger partial charge in [0.05, 0.1) is 13.5 Å². The number of aryl methyl sites for hydroxylation is 1. The van der Waals surface area contributed by atoms with Gasteiger partial charge in [-0.05, 0) is 25.5 Å². The Hall–Kier alpha value is -1.38. The van der Waals surface area contributed by atoms with E-state index in [0.29, 0.717) is 6.42 Å². The fraction of sp³-hybridized carbons (Fsp3) is 0.538. The molecule has 1 rings (SSSR count). The minimum Gasteiger partial charge on any atom is -0.469 e. The van der Waals surface area contributed by atoms with Crippen LogP contribution < -0.4 is 0 Å². The predicted octanol–water partition coefficient (Wildman–Crippen LogP) is 2.62. The molecule has 0 radical (unpaired) electrons. The zero-order chi connectivity index (χ0) is 12.2. The summed E-state index contributed by atoms with van der Waals surface area (Å²) < 4.78 is 4.73. The molecule has 0 aromatic carbocycles. The zero-order valence-electron chi connectivity index (χ0n) is 10.4. The summed E-state index contributed by atoms with van der Waals surface area (Å²) >= 11 is 0. The molecule has 1 aromatic heterocycles. The largest absolute Gasteiger partial charge is 0.469 e. The smallest absolute Gasteiger partial charge is 0.306 e. The molecule has 16 heavy (non-hydrogen) atoms. The summed E-state index contributed by atoms with van der Waals surface area (Å²) in [5.74, 6) is -0.187. The summed E-state index contributed by atoms with van der Waals surface area (Å²) in [6.07, 6.45) is 1.23. The van der Waals surface area contributed by atoms with E-state index in [4.69, 9.17) is 4.74 Å². The molecule has 3 nitrogen and oxygen atoms in total. The number of pyridine rings is 1. The molecule has 1 aromatic rings. The number of hydrogen-bond acceptors (Lipinski definition) is 3. The van der Waals surface area contributed by atoms with Crippen LogP contribution in [0.15, 0.2) is 18.2 Å². The molecule has 0 saturated carbocycles. The molecule has 0 aliphatic heterocycles. The van der Waals surface area contributed by atoms with Gasteiger partial charge < -0.3 is 4.74 Å². The van der Waals surface area contributed by atoms with Crippen LogP contribution in [0.1, 0.15) is 38.1 Å². The van der Waals surface area contributed by atoms with E-state index in [0.717, 1.165) is 17.8 Å². The minimum absolute atomic E-state index is 0.187. The van der Waals surface area contributed by atoms with Crippen molar-refractivity contribution in [2.45, 2.75) is 39.0 Å². The van der Waals surface area contributed by atoms with Crippen molar-refractivity contribution in [2.75, 3.05) is 7.11 Å². The average Bonchev–Trinajstić information content (AvgIpc) is 2.28. The maximum Gasteiger partial charge on any atom is 0.306 e. The van der Waals surface area contributed by atoms with Gasteiger partial charge in [-0.25, -0.2) is 0 Å². The van der Waals surface area contributed by atoms with Gasteiger partial charge in [0.25, 0.3) is 0 Å². The van der Waals surface area contributed by atoms with Crippen molar-refractivity contribution in [3.05, 3.63) is 29.6 Å². The monoisotopic (exact) mass is 221 g/mol. The molecule has 1 unspecified atom stereocenters. The second kappa shape index (κ2) is 5.10. The first-order chi connectivity index (χ1) is 7.51. The van der Waals surface area contributed by atoms with Gasteiger partial charge in [0.1, 0.15) is 0 Å². The van der Waals surface area contributed by atoms with Gasteiger partial charge in [-0.3, -0.25) is 9.78 Å². The Labute approximate surface area is 96.8 Å². The number of methoxy groups -OCH3 is 1. The van der Waals surface area contributed by atoms with Crippen LogP contribution in [-0.2, 0) is 14.9 Å². The number of hydrogen-bond donors (Lipinski definition) is 0. The van der Waals surface area contributed by atoms with Crippen LogP contribution in [0, 0.1) is 6.92 Å². The third-order valence-electron chi connectivity index (χ3n) is 3.05. The molecule has 0 aliphatic carbocycles. The molecule has 1 heterocycles. The SMILES string of the molecule is CCC(C)(CC(=O)OC)c1cccc(C)n1.